The summed E-state index contributed by atoms with van der Waals surface area (Å²) in [5.74, 6) is 1.52. The lowest BCUT2D eigenvalue weighted by Crippen LogP contribution is -2.57. The second kappa shape index (κ2) is 42.3. The molecule has 4 aromatic rings. The Hall–Kier alpha value is -10.3. The number of nitrogens with one attached hydrogen (secondary N) is 8. The number of hydrazine groups is 2. The third kappa shape index (κ3) is 37.7. The number of carbonyl (C=O) groups excluding carboxylic acids is 9. The Morgan fingerprint density at radius 3 is 1.07 bits per heavy atom. The molecule has 0 aliphatic carbocycles. The fraction of sp³-hybridized carbons (Fsp3) is 0.493. The van der Waals surface area contributed by atoms with E-state index in [4.69, 9.17) is 26.5 Å². The summed E-state index contributed by atoms with van der Waals surface area (Å²) in [7, 11) is 4.87. The van der Waals surface area contributed by atoms with Crippen LogP contribution in [-0.4, -0.2) is 157 Å². The topological polar surface area (TPSA) is 461 Å². The molecule has 0 saturated carbocycles. The second-order valence-electron chi connectivity index (χ2n) is 27.4. The van der Waals surface area contributed by atoms with E-state index in [1.54, 1.807) is 108 Å². The van der Waals surface area contributed by atoms with Gasteiger partial charge in [-0.1, -0.05) is 165 Å². The van der Waals surface area contributed by atoms with Crippen molar-refractivity contribution in [3.8, 4) is 22.5 Å². The zero-order valence-corrected chi connectivity index (χ0v) is 60.2. The Bertz CT molecular complexity index is 3190. The van der Waals surface area contributed by atoms with Gasteiger partial charge in [0.05, 0.1) is 46.0 Å². The van der Waals surface area contributed by atoms with E-state index >= 15 is 0 Å². The van der Waals surface area contributed by atoms with E-state index in [-0.39, 0.29) is 5.41 Å². The number of ether oxygens (including phenoxy) is 5. The molecule has 4 rings (SSSR count). The maximum atomic E-state index is 12.4. The Labute approximate surface area is 573 Å². The van der Waals surface area contributed by atoms with Crippen LogP contribution in [0.5, 0.6) is 0 Å². The van der Waals surface area contributed by atoms with Gasteiger partial charge in [-0.2, -0.15) is 5.10 Å². The van der Waals surface area contributed by atoms with Crippen LogP contribution in [0.2, 0.25) is 0 Å². The number of benzene rings is 2. The van der Waals surface area contributed by atoms with Crippen molar-refractivity contribution in [3.63, 3.8) is 0 Å². The molecule has 0 radical (unpaired) electrons. The molecule has 0 aliphatic heterocycles. The summed E-state index contributed by atoms with van der Waals surface area (Å²) < 4.78 is 22.7. The molecule has 14 N–H and O–H groups in total. The smallest absolute Gasteiger partial charge is 0.426 e. The average molecular weight is 1380 g/mol. The van der Waals surface area contributed by atoms with E-state index in [0.717, 1.165) is 34.4 Å². The van der Waals surface area contributed by atoms with Crippen molar-refractivity contribution in [2.75, 3.05) is 28.4 Å². The fourth-order valence-corrected chi connectivity index (χ4v) is 7.10. The SMILES string of the molecule is CC(C)(C)C(N)C(=O)O.COC(=O)NC(C(=O)N/N=C\c1ccc(-c2ccccn2)cc1)C(C)(C)C.COC(=O)NC(C(=O)NN)C(C)(C)C.COC(=O)NC(C(=O)NNC(=O)OC(C)(C)C)C(C)(C)C.COC(=O)NC(C(=O)O)C(C)(C)C.O=Cc1ccc(-c2ccccn2)cc1. The van der Waals surface area contributed by atoms with Crippen molar-refractivity contribution in [3.05, 3.63) is 108 Å². The van der Waals surface area contributed by atoms with Gasteiger partial charge in [-0.05, 0) is 77.7 Å². The van der Waals surface area contributed by atoms with E-state index in [2.05, 4.69) is 71.6 Å². The van der Waals surface area contributed by atoms with Crippen molar-refractivity contribution in [2.45, 2.75) is 160 Å². The zero-order chi connectivity index (χ0) is 76.2. The normalized spacial score (nSPS) is 12.6. The number of aromatic nitrogens is 2. The summed E-state index contributed by atoms with van der Waals surface area (Å²) in [5.41, 5.74) is 16.3. The number of aliphatic carboxylic acids is 2. The summed E-state index contributed by atoms with van der Waals surface area (Å²) in [6, 6.07) is 22.4. The predicted octanol–water partition coefficient (Wildman–Crippen LogP) is 7.88. The van der Waals surface area contributed by atoms with E-state index in [1.807, 2.05) is 120 Å². The summed E-state index contributed by atoms with van der Waals surface area (Å²) in [5, 5.41) is 30.7. The lowest BCUT2D eigenvalue weighted by atomic mass is 9.86. The number of carboxylic acid groups (broad SMARTS) is 2. The van der Waals surface area contributed by atoms with Gasteiger partial charge in [0, 0.05) is 29.1 Å². The molecule has 0 saturated heterocycles. The Kier molecular flexibility index (Phi) is 38.7. The number of alkyl carbamates (subject to hydrolysis) is 4. The maximum absolute atomic E-state index is 12.4. The molecule has 0 spiro atoms. The van der Waals surface area contributed by atoms with Crippen LogP contribution in [0.1, 0.15) is 141 Å². The van der Waals surface area contributed by atoms with Crippen molar-refractivity contribution in [1.82, 2.24) is 52.9 Å². The molecule has 2 aromatic carbocycles. The van der Waals surface area contributed by atoms with Crippen LogP contribution in [0.3, 0.4) is 0 Å². The third-order valence-electron chi connectivity index (χ3n) is 12.6. The predicted molar refractivity (Wildman–Crippen MR) is 368 cm³/mol. The quantitative estimate of drug-likeness (QED) is 0.0143. The van der Waals surface area contributed by atoms with E-state index in [0.29, 0.717) is 5.56 Å². The number of methoxy groups -OCH3 is 4. The standard InChI is InChI=1S/C20H24N4O3.C13H25N3O5.C12H9NO.C8H17N3O3.C8H15NO4.C6H13NO2/c1-20(2,3)17(23-19(26)27-4)18(25)24-22-13-14-8-10-15(11-9-14)16-7-5-6-12-21-16;1-12(2,3)8(14-10(18)20-7)9(17)15-16-11(19)21-13(4,5)6;14-9-10-4-6-11(7-5-10)12-3-1-2-8-13-12;1-8(2,3)5(6(12)11-9)10-7(13)14-4;1-8(2,3)5(6(10)11)9-7(12)13-4;1-6(2,3)4(7)5(8)9/h5-13,17H,1-4H3,(H,23,26)(H,24,25);8H,1-7H3,(H,14,18)(H,15,17)(H,16,19);1-9H;5H,9H2,1-4H3,(H,10,13)(H,11,12);5H,1-4H3,(H,9,12)(H,10,11);4H,7H2,1-3H3,(H,8,9)/b22-13-;;;;;. The Morgan fingerprint density at radius 2 is 0.796 bits per heavy atom. The van der Waals surface area contributed by atoms with Gasteiger partial charge in [-0.3, -0.25) is 44.8 Å². The third-order valence-corrected chi connectivity index (χ3v) is 12.6. The van der Waals surface area contributed by atoms with Gasteiger partial charge in [0.25, 0.3) is 17.7 Å². The first kappa shape index (κ1) is 89.8. The average Bonchev–Trinajstić information content (AvgIpc) is 0.918. The number of hydrogen-bond donors (Lipinski definition) is 12. The maximum Gasteiger partial charge on any atom is 0.426 e. The minimum absolute atomic E-state index is 0.341. The van der Waals surface area contributed by atoms with Crippen LogP contribution in [0.4, 0.5) is 24.0 Å². The van der Waals surface area contributed by atoms with Gasteiger partial charge < -0.3 is 60.9 Å². The molecule has 98 heavy (non-hydrogen) atoms. The number of nitrogens with zero attached hydrogens (tertiary/aromatic N) is 3. The van der Waals surface area contributed by atoms with Gasteiger partial charge in [-0.25, -0.2) is 45.5 Å². The number of carboxylic acids is 2. The highest BCUT2D eigenvalue weighted by Gasteiger charge is 2.36. The fourth-order valence-electron chi connectivity index (χ4n) is 7.10. The molecule has 0 fully saturated rings. The molecule has 0 aliphatic rings. The van der Waals surface area contributed by atoms with Crippen LogP contribution in [0, 0.1) is 27.1 Å². The van der Waals surface area contributed by atoms with Gasteiger partial charge in [-0.15, -0.1) is 0 Å². The summed E-state index contributed by atoms with van der Waals surface area (Å²) in [6.45, 7) is 31.9. The minimum Gasteiger partial charge on any atom is -0.480 e. The number of hydrazone groups is 1. The number of aldehydes is 1. The molecule has 31 nitrogen and oxygen atoms in total. The highest BCUT2D eigenvalue weighted by molar-refractivity contribution is 5.89. The second-order valence-corrected chi connectivity index (χ2v) is 27.4. The number of carbonyl (C=O) groups is 11. The molecule has 2 aromatic heterocycles. The van der Waals surface area contributed by atoms with E-state index in [9.17, 15) is 52.7 Å². The largest absolute Gasteiger partial charge is 0.480 e. The first-order valence-electron chi connectivity index (χ1n) is 30.2. The van der Waals surface area contributed by atoms with Crippen LogP contribution in [0.15, 0.2) is 102 Å². The molecular weight excluding hydrogens is 1270 g/mol. The van der Waals surface area contributed by atoms with Crippen molar-refractivity contribution in [1.29, 1.82) is 0 Å². The summed E-state index contributed by atoms with van der Waals surface area (Å²) in [4.78, 5) is 132. The van der Waals surface area contributed by atoms with Gasteiger partial charge in [0.2, 0.25) is 0 Å². The number of hydrogen-bond acceptors (Lipinski definition) is 21. The Morgan fingerprint density at radius 1 is 0.449 bits per heavy atom. The monoisotopic (exact) mass is 1380 g/mol. The molecule has 31 heteroatoms. The van der Waals surface area contributed by atoms with Gasteiger partial charge in [0.15, 0.2) is 0 Å². The van der Waals surface area contributed by atoms with Gasteiger partial charge >= 0.3 is 42.4 Å². The highest BCUT2D eigenvalue weighted by Crippen LogP contribution is 2.24. The lowest BCUT2D eigenvalue weighted by molar-refractivity contribution is -0.142. The lowest BCUT2D eigenvalue weighted by Gasteiger charge is -2.29. The van der Waals surface area contributed by atoms with Crippen LogP contribution >= 0.6 is 0 Å². The molecule has 544 valence electrons. The van der Waals surface area contributed by atoms with E-state index in [1.165, 1.54) is 34.7 Å². The summed E-state index contributed by atoms with van der Waals surface area (Å²) >= 11 is 0. The van der Waals surface area contributed by atoms with Crippen molar-refractivity contribution < 1.29 is 86.6 Å². The molecule has 8 amide bonds. The summed E-state index contributed by atoms with van der Waals surface area (Å²) in [6.07, 6.45) is 2.29. The van der Waals surface area contributed by atoms with Crippen molar-refractivity contribution >= 4 is 72.6 Å². The van der Waals surface area contributed by atoms with Crippen LogP contribution in [-0.2, 0) is 47.7 Å². The zero-order valence-electron chi connectivity index (χ0n) is 60.2. The molecule has 0 bridgehead atoms. The van der Waals surface area contributed by atoms with Crippen LogP contribution < -0.4 is 54.5 Å². The number of amides is 8. The number of rotatable bonds is 14. The molecule has 5 unspecified atom stereocenters. The van der Waals surface area contributed by atoms with Crippen LogP contribution in [0.25, 0.3) is 22.5 Å². The Balaban J connectivity index is 0. The van der Waals surface area contributed by atoms with E-state index < -0.39 is 118 Å². The van der Waals surface area contributed by atoms with Gasteiger partial charge in [0.1, 0.15) is 42.1 Å². The first-order chi connectivity index (χ1) is 45.0. The number of nitrogens with two attached hydrogens (primary N) is 2. The molecular formula is C67H103N13O18. The highest BCUT2D eigenvalue weighted by atomic mass is 16.6. The first-order valence-corrected chi connectivity index (χ1v) is 30.2. The minimum atomic E-state index is -1.07. The molecule has 5 atom stereocenters. The molecule has 2 heterocycles. The van der Waals surface area contributed by atoms with Crippen molar-refractivity contribution in [2.24, 2.45) is 43.8 Å². The number of pyridine rings is 2.